The predicted molar refractivity (Wildman–Crippen MR) is 96.9 cm³/mol. The van der Waals surface area contributed by atoms with Gasteiger partial charge in [-0.25, -0.2) is 0 Å². The largest absolute Gasteiger partial charge is 0.460 e. The Labute approximate surface area is 146 Å². The Morgan fingerprint density at radius 3 is 2.58 bits per heavy atom. The second-order valence-electron chi connectivity index (χ2n) is 5.80. The van der Waals surface area contributed by atoms with Crippen LogP contribution in [0.2, 0.25) is 5.02 Å². The molecule has 2 N–H and O–H groups in total. The molecule has 3 aromatic rings. The third-order valence-corrected chi connectivity index (χ3v) is 4.22. The summed E-state index contributed by atoms with van der Waals surface area (Å²) in [5.74, 6) is 1.60. The van der Waals surface area contributed by atoms with Crippen LogP contribution in [0.5, 0.6) is 0 Å². The zero-order valence-electron chi connectivity index (χ0n) is 13.4. The maximum atomic E-state index is 10.4. The van der Waals surface area contributed by atoms with Crippen LogP contribution < -0.4 is 5.32 Å². The topological polar surface area (TPSA) is 45.4 Å². The highest BCUT2D eigenvalue weighted by molar-refractivity contribution is 6.30. The van der Waals surface area contributed by atoms with Gasteiger partial charge >= 0.3 is 0 Å². The van der Waals surface area contributed by atoms with Gasteiger partial charge in [0.25, 0.3) is 0 Å². The first-order valence-corrected chi connectivity index (χ1v) is 8.32. The number of benzene rings is 2. The quantitative estimate of drug-likeness (QED) is 0.676. The molecule has 0 aliphatic carbocycles. The Hall–Kier alpha value is -2.07. The van der Waals surface area contributed by atoms with Gasteiger partial charge in [0.2, 0.25) is 0 Å². The molecule has 4 heteroatoms. The fourth-order valence-corrected chi connectivity index (χ4v) is 2.77. The van der Waals surface area contributed by atoms with Crippen molar-refractivity contribution in [2.24, 2.45) is 0 Å². The summed E-state index contributed by atoms with van der Waals surface area (Å²) in [5.41, 5.74) is 1.85. The van der Waals surface area contributed by atoms with Crippen molar-refractivity contribution in [3.05, 3.63) is 83.1 Å². The minimum Gasteiger partial charge on any atom is -0.460 e. The molecule has 0 saturated heterocycles. The highest BCUT2D eigenvalue weighted by atomic mass is 35.5. The zero-order chi connectivity index (χ0) is 16.9. The fraction of sp³-hybridized carbons (Fsp3) is 0.200. The monoisotopic (exact) mass is 341 g/mol. The summed E-state index contributed by atoms with van der Waals surface area (Å²) in [6.45, 7) is 2.50. The van der Waals surface area contributed by atoms with E-state index in [1.807, 2.05) is 73.7 Å². The van der Waals surface area contributed by atoms with Crippen LogP contribution in [-0.2, 0) is 6.54 Å². The van der Waals surface area contributed by atoms with Crippen LogP contribution in [0.3, 0.4) is 0 Å². The first kappa shape index (κ1) is 16.8. The second kappa shape index (κ2) is 7.67. The minimum atomic E-state index is -0.562. The zero-order valence-corrected chi connectivity index (χ0v) is 14.2. The van der Waals surface area contributed by atoms with Crippen molar-refractivity contribution < 1.29 is 9.52 Å². The van der Waals surface area contributed by atoms with Crippen molar-refractivity contribution >= 4 is 11.6 Å². The number of furan rings is 1. The lowest BCUT2D eigenvalue weighted by atomic mass is 10.0. The molecule has 0 fully saturated rings. The Balaban J connectivity index is 1.61. The maximum absolute atomic E-state index is 10.4. The summed E-state index contributed by atoms with van der Waals surface area (Å²) < 4.78 is 5.86. The van der Waals surface area contributed by atoms with Crippen LogP contribution >= 0.6 is 11.6 Å². The lowest BCUT2D eigenvalue weighted by Gasteiger charge is -2.20. The first-order chi connectivity index (χ1) is 11.6. The summed E-state index contributed by atoms with van der Waals surface area (Å²) in [4.78, 5) is 0. The molecule has 0 aliphatic rings. The normalized spacial score (nSPS) is 13.6. The van der Waals surface area contributed by atoms with Crippen LogP contribution in [0.25, 0.3) is 11.3 Å². The fourth-order valence-electron chi connectivity index (χ4n) is 2.58. The van der Waals surface area contributed by atoms with Gasteiger partial charge in [-0.3, -0.25) is 0 Å². The Kier molecular flexibility index (Phi) is 5.36. The molecule has 1 heterocycles. The van der Waals surface area contributed by atoms with E-state index in [4.69, 9.17) is 16.0 Å². The van der Waals surface area contributed by atoms with E-state index in [2.05, 4.69) is 5.32 Å². The number of aliphatic hydroxyl groups is 1. The summed E-state index contributed by atoms with van der Waals surface area (Å²) >= 11 is 6.02. The van der Waals surface area contributed by atoms with Gasteiger partial charge in [0.15, 0.2) is 0 Å². The van der Waals surface area contributed by atoms with Crippen LogP contribution in [0.1, 0.15) is 24.4 Å². The molecule has 124 valence electrons. The SMILES string of the molecule is C[C@H](NCc1ccc(-c2cccc(Cl)c2)o1)[C@H](O)c1ccccc1. The van der Waals surface area contributed by atoms with Crippen molar-refractivity contribution in [2.45, 2.75) is 25.6 Å². The number of aliphatic hydroxyl groups excluding tert-OH is 1. The molecule has 3 nitrogen and oxygen atoms in total. The van der Waals surface area contributed by atoms with Crippen molar-refractivity contribution in [1.29, 1.82) is 0 Å². The van der Waals surface area contributed by atoms with Crippen molar-refractivity contribution in [3.8, 4) is 11.3 Å². The molecule has 2 atom stereocenters. The van der Waals surface area contributed by atoms with Gasteiger partial charge in [0.05, 0.1) is 12.6 Å². The molecular formula is C20H20ClNO2. The molecule has 1 aromatic heterocycles. The molecular weight excluding hydrogens is 322 g/mol. The second-order valence-corrected chi connectivity index (χ2v) is 6.24. The maximum Gasteiger partial charge on any atom is 0.134 e. The third kappa shape index (κ3) is 4.06. The Bertz CT molecular complexity index is 785. The van der Waals surface area contributed by atoms with Gasteiger partial charge in [-0.15, -0.1) is 0 Å². The Morgan fingerprint density at radius 1 is 1.04 bits per heavy atom. The van der Waals surface area contributed by atoms with Crippen molar-refractivity contribution in [3.63, 3.8) is 0 Å². The smallest absolute Gasteiger partial charge is 0.134 e. The lowest BCUT2D eigenvalue weighted by Crippen LogP contribution is -2.31. The molecule has 0 bridgehead atoms. The molecule has 0 radical (unpaired) electrons. The molecule has 0 saturated carbocycles. The molecule has 0 unspecified atom stereocenters. The number of nitrogens with one attached hydrogen (secondary N) is 1. The van der Waals surface area contributed by atoms with E-state index < -0.39 is 6.10 Å². The summed E-state index contributed by atoms with van der Waals surface area (Å²) in [5, 5.41) is 14.4. The van der Waals surface area contributed by atoms with Gasteiger partial charge in [0, 0.05) is 16.6 Å². The summed E-state index contributed by atoms with van der Waals surface area (Å²) in [6.07, 6.45) is -0.562. The summed E-state index contributed by atoms with van der Waals surface area (Å²) in [7, 11) is 0. The molecule has 0 aliphatic heterocycles. The van der Waals surface area contributed by atoms with E-state index in [1.165, 1.54) is 0 Å². The average Bonchev–Trinajstić information content (AvgIpc) is 3.09. The van der Waals surface area contributed by atoms with E-state index in [0.717, 1.165) is 22.6 Å². The van der Waals surface area contributed by atoms with Crippen molar-refractivity contribution in [1.82, 2.24) is 5.32 Å². The van der Waals surface area contributed by atoms with Gasteiger partial charge in [-0.1, -0.05) is 54.1 Å². The van der Waals surface area contributed by atoms with Crippen LogP contribution in [0.4, 0.5) is 0 Å². The molecule has 2 aromatic carbocycles. The van der Waals surface area contributed by atoms with Crippen molar-refractivity contribution in [2.75, 3.05) is 0 Å². The van der Waals surface area contributed by atoms with E-state index in [-0.39, 0.29) is 6.04 Å². The number of halogens is 1. The van der Waals surface area contributed by atoms with Gasteiger partial charge < -0.3 is 14.8 Å². The molecule has 3 rings (SSSR count). The van der Waals surface area contributed by atoms with E-state index in [1.54, 1.807) is 0 Å². The van der Waals surface area contributed by atoms with E-state index >= 15 is 0 Å². The average molecular weight is 342 g/mol. The third-order valence-electron chi connectivity index (χ3n) is 3.98. The van der Waals surface area contributed by atoms with E-state index in [9.17, 15) is 5.11 Å². The van der Waals surface area contributed by atoms with Gasteiger partial charge in [-0.2, -0.15) is 0 Å². The van der Waals surface area contributed by atoms with Crippen LogP contribution in [0.15, 0.2) is 71.1 Å². The number of hydrogen-bond acceptors (Lipinski definition) is 3. The highest BCUT2D eigenvalue weighted by Gasteiger charge is 2.16. The molecule has 0 amide bonds. The van der Waals surface area contributed by atoms with Gasteiger partial charge in [0.1, 0.15) is 11.5 Å². The van der Waals surface area contributed by atoms with Crippen LogP contribution in [0, 0.1) is 0 Å². The Morgan fingerprint density at radius 2 is 1.83 bits per heavy atom. The molecule has 24 heavy (non-hydrogen) atoms. The minimum absolute atomic E-state index is 0.0906. The van der Waals surface area contributed by atoms with Crippen LogP contribution in [-0.4, -0.2) is 11.1 Å². The van der Waals surface area contributed by atoms with E-state index in [0.29, 0.717) is 11.6 Å². The standard InChI is InChI=1S/C20H20ClNO2/c1-14(20(23)15-6-3-2-4-7-15)22-13-18-10-11-19(24-18)16-8-5-9-17(21)12-16/h2-12,14,20,22-23H,13H2,1H3/t14-,20-/m0/s1. The summed E-state index contributed by atoms with van der Waals surface area (Å²) in [6, 6.07) is 21.0. The number of hydrogen-bond donors (Lipinski definition) is 2. The molecule has 0 spiro atoms. The predicted octanol–water partition coefficient (Wildman–Crippen LogP) is 4.81. The van der Waals surface area contributed by atoms with Gasteiger partial charge in [-0.05, 0) is 36.8 Å². The lowest BCUT2D eigenvalue weighted by molar-refractivity contribution is 0.134. The number of rotatable bonds is 6. The highest BCUT2D eigenvalue weighted by Crippen LogP contribution is 2.25. The first-order valence-electron chi connectivity index (χ1n) is 7.94.